The van der Waals surface area contributed by atoms with Crippen LogP contribution >= 0.6 is 11.6 Å². The lowest BCUT2D eigenvalue weighted by Crippen LogP contribution is -2.49. The summed E-state index contributed by atoms with van der Waals surface area (Å²) in [7, 11) is -2.02. The lowest BCUT2D eigenvalue weighted by Gasteiger charge is -2.30. The molecular weight excluding hydrogens is 514 g/mol. The molecule has 0 spiro atoms. The normalized spacial score (nSPS) is 12.9. The highest BCUT2D eigenvalue weighted by atomic mass is 35.5. The zero-order chi connectivity index (χ0) is 27.8. The van der Waals surface area contributed by atoms with Crippen molar-refractivity contribution in [1.29, 1.82) is 0 Å². The second-order valence-corrected chi connectivity index (χ2v) is 11.5. The van der Waals surface area contributed by atoms with E-state index in [4.69, 9.17) is 16.3 Å². The fourth-order valence-electron chi connectivity index (χ4n) is 3.82. The molecule has 0 aromatic heterocycles. The summed E-state index contributed by atoms with van der Waals surface area (Å²) in [4.78, 5) is 27.8. The van der Waals surface area contributed by atoms with E-state index in [0.717, 1.165) is 18.2 Å². The molecule has 2 aromatic carbocycles. The van der Waals surface area contributed by atoms with Crippen molar-refractivity contribution in [3.63, 3.8) is 0 Å². The Morgan fingerprint density at radius 1 is 1.11 bits per heavy atom. The molecule has 0 radical (unpaired) electrons. The molecule has 0 heterocycles. The number of benzene rings is 2. The zero-order valence-corrected chi connectivity index (χ0v) is 24.0. The molecule has 1 N–H and O–H groups in total. The van der Waals surface area contributed by atoms with Crippen LogP contribution in [0.25, 0.3) is 0 Å². The Kier molecular flexibility index (Phi) is 11.3. The SMILES string of the molecule is CC[C@@H](C)NC(=O)[C@H](C)N(Cc1ccc(OC)cc1)C(=O)CCCN(c1cccc(Cl)c1C)S(C)(=O)=O. The summed E-state index contributed by atoms with van der Waals surface area (Å²) in [6.07, 6.45) is 2.25. The number of hydrogen-bond donors (Lipinski definition) is 1. The first-order valence-corrected chi connectivity index (χ1v) is 14.6. The highest BCUT2D eigenvalue weighted by molar-refractivity contribution is 7.92. The minimum Gasteiger partial charge on any atom is -0.497 e. The van der Waals surface area contributed by atoms with Crippen LogP contribution in [0.2, 0.25) is 5.02 Å². The maximum Gasteiger partial charge on any atom is 0.242 e. The molecule has 2 atom stereocenters. The Bertz CT molecular complexity index is 1170. The number of hydrogen-bond acceptors (Lipinski definition) is 5. The molecule has 0 aliphatic rings. The molecule has 0 fully saturated rings. The van der Waals surface area contributed by atoms with Crippen LogP contribution < -0.4 is 14.4 Å². The van der Waals surface area contributed by atoms with E-state index >= 15 is 0 Å². The van der Waals surface area contributed by atoms with Crippen LogP contribution in [0.4, 0.5) is 5.69 Å². The van der Waals surface area contributed by atoms with Gasteiger partial charge < -0.3 is 15.0 Å². The van der Waals surface area contributed by atoms with E-state index < -0.39 is 16.1 Å². The second-order valence-electron chi connectivity index (χ2n) is 9.19. The zero-order valence-electron chi connectivity index (χ0n) is 22.5. The van der Waals surface area contributed by atoms with Gasteiger partial charge in [-0.3, -0.25) is 13.9 Å². The Labute approximate surface area is 226 Å². The van der Waals surface area contributed by atoms with Gasteiger partial charge in [-0.25, -0.2) is 8.42 Å². The van der Waals surface area contributed by atoms with E-state index in [0.29, 0.717) is 22.0 Å². The van der Waals surface area contributed by atoms with Crippen molar-refractivity contribution in [2.24, 2.45) is 0 Å². The Morgan fingerprint density at radius 3 is 2.32 bits per heavy atom. The molecule has 0 aliphatic carbocycles. The van der Waals surface area contributed by atoms with Gasteiger partial charge in [-0.05, 0) is 69.0 Å². The topological polar surface area (TPSA) is 96.0 Å². The molecule has 2 rings (SSSR count). The van der Waals surface area contributed by atoms with Crippen molar-refractivity contribution in [3.05, 3.63) is 58.6 Å². The number of amides is 2. The smallest absolute Gasteiger partial charge is 0.242 e. The Hall–Kier alpha value is -2.78. The maximum absolute atomic E-state index is 13.4. The summed E-state index contributed by atoms with van der Waals surface area (Å²) >= 11 is 6.21. The molecule has 0 saturated carbocycles. The van der Waals surface area contributed by atoms with Crippen molar-refractivity contribution in [2.45, 2.75) is 65.6 Å². The van der Waals surface area contributed by atoms with E-state index in [1.54, 1.807) is 51.3 Å². The summed E-state index contributed by atoms with van der Waals surface area (Å²) in [6.45, 7) is 7.70. The van der Waals surface area contributed by atoms with E-state index in [1.165, 1.54) is 9.21 Å². The summed E-state index contributed by atoms with van der Waals surface area (Å²) < 4.78 is 31.6. The van der Waals surface area contributed by atoms with Gasteiger partial charge in [0, 0.05) is 30.6 Å². The van der Waals surface area contributed by atoms with Gasteiger partial charge in [0.1, 0.15) is 11.8 Å². The maximum atomic E-state index is 13.4. The lowest BCUT2D eigenvalue weighted by atomic mass is 10.1. The average molecular weight is 552 g/mol. The fraction of sp³-hybridized carbons (Fsp3) is 0.481. The van der Waals surface area contributed by atoms with Gasteiger partial charge in [-0.1, -0.05) is 36.7 Å². The first-order chi connectivity index (χ1) is 17.4. The van der Waals surface area contributed by atoms with Gasteiger partial charge in [-0.15, -0.1) is 0 Å². The fourth-order valence-corrected chi connectivity index (χ4v) is 5.01. The number of anilines is 1. The molecule has 2 aromatic rings. The molecule has 0 aliphatic heterocycles. The minimum absolute atomic E-state index is 0.0165. The van der Waals surface area contributed by atoms with Crippen LogP contribution in [-0.4, -0.2) is 57.1 Å². The molecule has 8 nitrogen and oxygen atoms in total. The molecule has 37 heavy (non-hydrogen) atoms. The van der Waals surface area contributed by atoms with Gasteiger partial charge in [-0.2, -0.15) is 0 Å². The van der Waals surface area contributed by atoms with E-state index in [1.807, 2.05) is 26.0 Å². The van der Waals surface area contributed by atoms with Gasteiger partial charge >= 0.3 is 0 Å². The van der Waals surface area contributed by atoms with Crippen molar-refractivity contribution < 1.29 is 22.7 Å². The van der Waals surface area contributed by atoms with Crippen molar-refractivity contribution >= 4 is 39.1 Å². The molecule has 204 valence electrons. The standard InChI is InChI=1S/C27H38ClN3O5S/c1-7-19(2)29-27(33)21(4)30(18-22-13-15-23(36-5)16-14-22)26(32)12-9-17-31(37(6,34)35)25-11-8-10-24(28)20(25)3/h8,10-11,13-16,19,21H,7,9,12,17-18H2,1-6H3,(H,29,33)/t19-,21+/m1/s1. The number of nitrogens with one attached hydrogen (secondary N) is 1. The van der Waals surface area contributed by atoms with Crippen LogP contribution in [-0.2, 0) is 26.2 Å². The van der Waals surface area contributed by atoms with Gasteiger partial charge in [0.15, 0.2) is 0 Å². The number of nitrogens with zero attached hydrogens (tertiary/aromatic N) is 2. The molecule has 10 heteroatoms. The first-order valence-electron chi connectivity index (χ1n) is 12.3. The van der Waals surface area contributed by atoms with Gasteiger partial charge in [0.2, 0.25) is 21.8 Å². The summed E-state index contributed by atoms with van der Waals surface area (Å²) in [6, 6.07) is 11.7. The number of carbonyl (C=O) groups is 2. The predicted octanol–water partition coefficient (Wildman–Crippen LogP) is 4.54. The number of halogens is 1. The van der Waals surface area contributed by atoms with Gasteiger partial charge in [0.25, 0.3) is 0 Å². The number of rotatable bonds is 13. The molecule has 2 amide bonds. The van der Waals surface area contributed by atoms with Crippen molar-refractivity contribution in [1.82, 2.24) is 10.2 Å². The van der Waals surface area contributed by atoms with Gasteiger partial charge in [0.05, 0.1) is 19.1 Å². The number of sulfonamides is 1. The number of carbonyl (C=O) groups excluding carboxylic acids is 2. The average Bonchev–Trinajstić information content (AvgIpc) is 2.86. The third-order valence-electron chi connectivity index (χ3n) is 6.34. The van der Waals surface area contributed by atoms with Crippen molar-refractivity contribution in [2.75, 3.05) is 24.2 Å². The minimum atomic E-state index is -3.60. The number of ether oxygens (including phenoxy) is 1. The molecular formula is C27H38ClN3O5S. The third kappa shape index (κ3) is 8.64. The quantitative estimate of drug-likeness (QED) is 0.394. The van der Waals surface area contributed by atoms with Crippen molar-refractivity contribution in [3.8, 4) is 5.75 Å². The van der Waals surface area contributed by atoms with Crippen LogP contribution in [0, 0.1) is 6.92 Å². The summed E-state index contributed by atoms with van der Waals surface area (Å²) in [5.74, 6) is 0.226. The molecule has 0 saturated heterocycles. The first kappa shape index (κ1) is 30.4. The van der Waals surface area contributed by atoms with E-state index in [9.17, 15) is 18.0 Å². The van der Waals surface area contributed by atoms with Crippen LogP contribution in [0.1, 0.15) is 51.2 Å². The molecule has 0 unspecified atom stereocenters. The molecule has 0 bridgehead atoms. The van der Waals surface area contributed by atoms with Crippen LogP contribution in [0.5, 0.6) is 5.75 Å². The highest BCUT2D eigenvalue weighted by Gasteiger charge is 2.27. The third-order valence-corrected chi connectivity index (χ3v) is 7.93. The van der Waals surface area contributed by atoms with E-state index in [-0.39, 0.29) is 43.8 Å². The predicted molar refractivity (Wildman–Crippen MR) is 149 cm³/mol. The largest absolute Gasteiger partial charge is 0.497 e. The summed E-state index contributed by atoms with van der Waals surface area (Å²) in [5, 5.41) is 3.41. The Balaban J connectivity index is 2.21. The van der Waals surface area contributed by atoms with Crippen LogP contribution in [0.3, 0.4) is 0 Å². The highest BCUT2D eigenvalue weighted by Crippen LogP contribution is 2.28. The lowest BCUT2D eigenvalue weighted by molar-refractivity contribution is -0.140. The number of methoxy groups -OCH3 is 1. The summed E-state index contributed by atoms with van der Waals surface area (Å²) in [5.41, 5.74) is 1.99. The second kappa shape index (κ2) is 13.7. The van der Waals surface area contributed by atoms with E-state index in [2.05, 4.69) is 5.32 Å². The monoisotopic (exact) mass is 551 g/mol. The van der Waals surface area contributed by atoms with Crippen LogP contribution in [0.15, 0.2) is 42.5 Å². The Morgan fingerprint density at radius 2 is 1.76 bits per heavy atom.